The van der Waals surface area contributed by atoms with Crippen molar-refractivity contribution in [3.63, 3.8) is 0 Å². The molecule has 0 aliphatic carbocycles. The lowest BCUT2D eigenvalue weighted by Crippen LogP contribution is -2.40. The second-order valence-corrected chi connectivity index (χ2v) is 7.38. The van der Waals surface area contributed by atoms with Gasteiger partial charge in [-0.05, 0) is 26.3 Å². The Morgan fingerprint density at radius 2 is 2.00 bits per heavy atom. The van der Waals surface area contributed by atoms with Crippen LogP contribution in [0.1, 0.15) is 25.0 Å². The SMILES string of the molecule is C/C=C/CN1N=C(C)Cn2c1nc1c2c(=O)n(Cc2cccc(C)c2)c(=O)n1C. The van der Waals surface area contributed by atoms with E-state index in [1.165, 1.54) is 9.13 Å². The predicted molar refractivity (Wildman–Crippen MR) is 115 cm³/mol. The van der Waals surface area contributed by atoms with Crippen LogP contribution in [0.5, 0.6) is 0 Å². The summed E-state index contributed by atoms with van der Waals surface area (Å²) in [6, 6.07) is 7.82. The minimum Gasteiger partial charge on any atom is -0.297 e. The lowest BCUT2D eigenvalue weighted by Gasteiger charge is -2.23. The highest BCUT2D eigenvalue weighted by Gasteiger charge is 2.26. The van der Waals surface area contributed by atoms with Crippen molar-refractivity contribution in [2.45, 2.75) is 33.9 Å². The van der Waals surface area contributed by atoms with Crippen LogP contribution in [-0.4, -0.2) is 30.9 Å². The van der Waals surface area contributed by atoms with E-state index in [4.69, 9.17) is 0 Å². The normalized spacial score (nSPS) is 13.9. The monoisotopic (exact) mass is 392 g/mol. The minimum atomic E-state index is -0.378. The predicted octanol–water partition coefficient (Wildman–Crippen LogP) is 2.03. The van der Waals surface area contributed by atoms with Gasteiger partial charge in [0.15, 0.2) is 11.2 Å². The van der Waals surface area contributed by atoms with Gasteiger partial charge in [0.25, 0.3) is 5.56 Å². The van der Waals surface area contributed by atoms with Gasteiger partial charge in [-0.1, -0.05) is 42.0 Å². The van der Waals surface area contributed by atoms with Gasteiger partial charge in [0.2, 0.25) is 5.95 Å². The van der Waals surface area contributed by atoms with Gasteiger partial charge < -0.3 is 0 Å². The van der Waals surface area contributed by atoms with Gasteiger partial charge in [0.05, 0.1) is 25.3 Å². The summed E-state index contributed by atoms with van der Waals surface area (Å²) in [6.45, 7) is 7.09. The summed E-state index contributed by atoms with van der Waals surface area (Å²) in [5.41, 5.74) is 2.97. The highest BCUT2D eigenvalue weighted by Crippen LogP contribution is 2.23. The van der Waals surface area contributed by atoms with E-state index in [-0.39, 0.29) is 17.8 Å². The maximum absolute atomic E-state index is 13.4. The molecule has 0 saturated carbocycles. The van der Waals surface area contributed by atoms with Gasteiger partial charge in [-0.25, -0.2) is 9.80 Å². The molecule has 0 fully saturated rings. The van der Waals surface area contributed by atoms with Gasteiger partial charge in [-0.3, -0.25) is 18.5 Å². The van der Waals surface area contributed by atoms with Gasteiger partial charge in [-0.2, -0.15) is 10.1 Å². The third-order valence-corrected chi connectivity index (χ3v) is 5.06. The molecule has 8 heteroatoms. The zero-order valence-corrected chi connectivity index (χ0v) is 17.1. The molecule has 0 unspecified atom stereocenters. The first kappa shape index (κ1) is 18.9. The van der Waals surface area contributed by atoms with E-state index in [0.29, 0.717) is 30.2 Å². The molecule has 4 rings (SSSR count). The van der Waals surface area contributed by atoms with Gasteiger partial charge in [-0.15, -0.1) is 0 Å². The first-order valence-electron chi connectivity index (χ1n) is 9.59. The Hall–Kier alpha value is -3.42. The molecule has 2 aromatic heterocycles. The molecule has 0 N–H and O–H groups in total. The molecular weight excluding hydrogens is 368 g/mol. The number of anilines is 1. The summed E-state index contributed by atoms with van der Waals surface area (Å²) in [5.74, 6) is 0.573. The lowest BCUT2D eigenvalue weighted by atomic mass is 10.1. The molecule has 150 valence electrons. The largest absolute Gasteiger partial charge is 0.332 e. The van der Waals surface area contributed by atoms with Crippen LogP contribution < -0.4 is 16.3 Å². The van der Waals surface area contributed by atoms with Gasteiger partial charge >= 0.3 is 5.69 Å². The van der Waals surface area contributed by atoms with E-state index in [1.54, 1.807) is 12.1 Å². The van der Waals surface area contributed by atoms with Crippen molar-refractivity contribution in [1.82, 2.24) is 18.7 Å². The molecule has 0 atom stereocenters. The van der Waals surface area contributed by atoms with E-state index in [1.807, 2.05) is 61.8 Å². The van der Waals surface area contributed by atoms with Crippen molar-refractivity contribution in [3.8, 4) is 0 Å². The molecule has 8 nitrogen and oxygen atoms in total. The molecule has 1 aliphatic heterocycles. The van der Waals surface area contributed by atoms with Crippen LogP contribution in [0.25, 0.3) is 11.2 Å². The summed E-state index contributed by atoms with van der Waals surface area (Å²) in [7, 11) is 1.65. The first-order chi connectivity index (χ1) is 13.9. The number of hydrogen-bond donors (Lipinski definition) is 0. The van der Waals surface area contributed by atoms with Crippen LogP contribution in [0.2, 0.25) is 0 Å². The molecule has 1 aromatic carbocycles. The van der Waals surface area contributed by atoms with Crippen LogP contribution in [0, 0.1) is 6.92 Å². The summed E-state index contributed by atoms with van der Waals surface area (Å²) in [5, 5.41) is 6.31. The standard InChI is InChI=1S/C21H24N6O2/c1-5-6-10-27-20-22-18-17(25(20)12-15(3)23-27)19(28)26(21(29)24(18)4)13-16-9-7-8-14(2)11-16/h5-9,11H,10,12-13H2,1-4H3/b6-5+. The lowest BCUT2D eigenvalue weighted by molar-refractivity contribution is 0.653. The Balaban J connectivity index is 1.93. The maximum atomic E-state index is 13.4. The number of rotatable bonds is 4. The van der Waals surface area contributed by atoms with Crippen molar-refractivity contribution in [2.24, 2.45) is 12.1 Å². The Bertz CT molecular complexity index is 1270. The van der Waals surface area contributed by atoms with Crippen molar-refractivity contribution in [3.05, 3.63) is 68.4 Å². The number of allylic oxidation sites excluding steroid dienone is 1. The molecule has 1 aliphatic rings. The molecule has 0 spiro atoms. The molecule has 3 heterocycles. The third-order valence-electron chi connectivity index (χ3n) is 5.06. The van der Waals surface area contributed by atoms with E-state index in [0.717, 1.165) is 16.8 Å². The minimum absolute atomic E-state index is 0.221. The zero-order chi connectivity index (χ0) is 20.7. The zero-order valence-electron chi connectivity index (χ0n) is 17.1. The van der Waals surface area contributed by atoms with Crippen molar-refractivity contribution < 1.29 is 0 Å². The second-order valence-electron chi connectivity index (χ2n) is 7.38. The van der Waals surface area contributed by atoms with Gasteiger partial charge in [0, 0.05) is 7.05 Å². The molecule has 0 radical (unpaired) electrons. The number of fused-ring (bicyclic) bond motifs is 3. The number of nitrogens with zero attached hydrogens (tertiary/aromatic N) is 6. The number of hydrogen-bond acceptors (Lipinski definition) is 5. The average Bonchev–Trinajstić information content (AvgIpc) is 3.07. The van der Waals surface area contributed by atoms with E-state index < -0.39 is 0 Å². The summed E-state index contributed by atoms with van der Waals surface area (Å²) in [6.07, 6.45) is 3.91. The molecule has 0 amide bonds. The van der Waals surface area contributed by atoms with Crippen molar-refractivity contribution >= 4 is 22.8 Å². The van der Waals surface area contributed by atoms with Crippen LogP contribution in [-0.2, 0) is 20.1 Å². The number of hydrazone groups is 1. The average molecular weight is 392 g/mol. The fraction of sp³-hybridized carbons (Fsp3) is 0.333. The third kappa shape index (κ3) is 3.20. The molecular formula is C21H24N6O2. The highest BCUT2D eigenvalue weighted by molar-refractivity contribution is 5.87. The van der Waals surface area contributed by atoms with Crippen LogP contribution >= 0.6 is 0 Å². The Morgan fingerprint density at radius 1 is 1.21 bits per heavy atom. The Labute approximate surface area is 168 Å². The highest BCUT2D eigenvalue weighted by atomic mass is 16.2. The number of aryl methyl sites for hydroxylation is 2. The second kappa shape index (κ2) is 7.20. The van der Waals surface area contributed by atoms with Crippen molar-refractivity contribution in [2.75, 3.05) is 11.6 Å². The summed E-state index contributed by atoms with van der Waals surface area (Å²) < 4.78 is 4.58. The van der Waals surface area contributed by atoms with E-state index in [2.05, 4.69) is 10.1 Å². The summed E-state index contributed by atoms with van der Waals surface area (Å²) >= 11 is 0. The van der Waals surface area contributed by atoms with Crippen LogP contribution in [0.15, 0.2) is 51.1 Å². The Kier molecular flexibility index (Phi) is 4.70. The van der Waals surface area contributed by atoms with Crippen molar-refractivity contribution in [1.29, 1.82) is 0 Å². The molecule has 29 heavy (non-hydrogen) atoms. The van der Waals surface area contributed by atoms with E-state index >= 15 is 0 Å². The van der Waals surface area contributed by atoms with Gasteiger partial charge in [0.1, 0.15) is 0 Å². The molecule has 0 bridgehead atoms. The number of benzene rings is 1. The smallest absolute Gasteiger partial charge is 0.297 e. The van der Waals surface area contributed by atoms with E-state index in [9.17, 15) is 9.59 Å². The fourth-order valence-corrected chi connectivity index (χ4v) is 3.68. The molecule has 0 saturated heterocycles. The summed E-state index contributed by atoms with van der Waals surface area (Å²) in [4.78, 5) is 30.9. The topological polar surface area (TPSA) is 77.4 Å². The quantitative estimate of drug-likeness (QED) is 0.637. The van der Waals surface area contributed by atoms with Crippen LogP contribution in [0.4, 0.5) is 5.95 Å². The number of imidazole rings is 1. The first-order valence-corrected chi connectivity index (χ1v) is 9.59. The van der Waals surface area contributed by atoms with Crippen LogP contribution in [0.3, 0.4) is 0 Å². The number of aromatic nitrogens is 4. The Morgan fingerprint density at radius 3 is 2.72 bits per heavy atom. The maximum Gasteiger partial charge on any atom is 0.332 e. The fourth-order valence-electron chi connectivity index (χ4n) is 3.68. The molecule has 3 aromatic rings.